The van der Waals surface area contributed by atoms with E-state index in [1.54, 1.807) is 23.5 Å². The molecule has 0 saturated carbocycles. The van der Waals surface area contributed by atoms with E-state index in [-0.39, 0.29) is 0 Å². The summed E-state index contributed by atoms with van der Waals surface area (Å²) in [7, 11) is 0. The van der Waals surface area contributed by atoms with Crippen LogP contribution in [0.1, 0.15) is 10.4 Å². The van der Waals surface area contributed by atoms with Crippen molar-refractivity contribution in [2.45, 2.75) is 0 Å². The van der Waals surface area contributed by atoms with Gasteiger partial charge in [-0.1, -0.05) is 23.7 Å². The molecule has 14 heavy (non-hydrogen) atoms. The third-order valence-corrected chi connectivity index (χ3v) is 3.07. The zero-order chi connectivity index (χ0) is 9.97. The number of hydrogen-bond acceptors (Lipinski definition) is 2. The fourth-order valence-corrected chi connectivity index (χ4v) is 2.24. The average molecular weight is 223 g/mol. The van der Waals surface area contributed by atoms with Crippen molar-refractivity contribution in [3.05, 3.63) is 46.3 Å². The van der Waals surface area contributed by atoms with Gasteiger partial charge in [0.1, 0.15) is 0 Å². The molecule has 2 rings (SSSR count). The highest BCUT2D eigenvalue weighted by molar-refractivity contribution is 7.13. The second-order valence-electron chi connectivity index (χ2n) is 2.83. The number of thiophene rings is 1. The summed E-state index contributed by atoms with van der Waals surface area (Å²) in [5.41, 5.74) is 1.58. The first-order valence-corrected chi connectivity index (χ1v) is 5.35. The van der Waals surface area contributed by atoms with Crippen molar-refractivity contribution in [2.75, 3.05) is 0 Å². The van der Waals surface area contributed by atoms with Crippen molar-refractivity contribution in [1.29, 1.82) is 0 Å². The van der Waals surface area contributed by atoms with Crippen LogP contribution in [0.2, 0.25) is 5.02 Å². The second kappa shape index (κ2) is 3.95. The van der Waals surface area contributed by atoms with Crippen molar-refractivity contribution in [1.82, 2.24) is 0 Å². The number of hydrogen-bond donors (Lipinski definition) is 0. The van der Waals surface area contributed by atoms with Gasteiger partial charge in [0.05, 0.1) is 0 Å². The van der Waals surface area contributed by atoms with E-state index in [0.717, 1.165) is 16.7 Å². The Morgan fingerprint density at radius 1 is 1.29 bits per heavy atom. The summed E-state index contributed by atoms with van der Waals surface area (Å²) in [6.45, 7) is 0. The van der Waals surface area contributed by atoms with Gasteiger partial charge in [0.15, 0.2) is 6.29 Å². The van der Waals surface area contributed by atoms with Gasteiger partial charge in [0.25, 0.3) is 0 Å². The molecule has 0 aliphatic carbocycles. The monoisotopic (exact) mass is 222 g/mol. The second-order valence-corrected chi connectivity index (χ2v) is 4.21. The van der Waals surface area contributed by atoms with Crippen LogP contribution in [0.5, 0.6) is 0 Å². The summed E-state index contributed by atoms with van der Waals surface area (Å²) in [6, 6.07) is 9.30. The molecule has 0 spiro atoms. The van der Waals surface area contributed by atoms with Crippen LogP contribution >= 0.6 is 22.9 Å². The first kappa shape index (κ1) is 9.44. The highest BCUT2D eigenvalue weighted by Gasteiger charge is 2.05. The van der Waals surface area contributed by atoms with E-state index in [4.69, 9.17) is 11.6 Å². The summed E-state index contributed by atoms with van der Waals surface area (Å²) >= 11 is 7.41. The van der Waals surface area contributed by atoms with Crippen LogP contribution in [0.15, 0.2) is 35.7 Å². The molecule has 1 aromatic carbocycles. The van der Waals surface area contributed by atoms with E-state index < -0.39 is 0 Å². The minimum absolute atomic E-state index is 0.590. The topological polar surface area (TPSA) is 17.1 Å². The number of halogens is 1. The van der Waals surface area contributed by atoms with E-state index in [2.05, 4.69) is 0 Å². The Morgan fingerprint density at radius 2 is 2.14 bits per heavy atom. The van der Waals surface area contributed by atoms with Crippen LogP contribution in [-0.2, 0) is 0 Å². The molecule has 2 aromatic rings. The lowest BCUT2D eigenvalue weighted by Gasteiger charge is -2.01. The van der Waals surface area contributed by atoms with Crippen LogP contribution in [-0.4, -0.2) is 6.29 Å². The minimum atomic E-state index is 0.590. The van der Waals surface area contributed by atoms with Gasteiger partial charge in [-0.25, -0.2) is 0 Å². The molecular weight excluding hydrogens is 216 g/mol. The van der Waals surface area contributed by atoms with Gasteiger partial charge in [0, 0.05) is 21.0 Å². The van der Waals surface area contributed by atoms with Gasteiger partial charge in [-0.2, -0.15) is 0 Å². The molecule has 0 amide bonds. The van der Waals surface area contributed by atoms with Gasteiger partial charge in [-0.05, 0) is 23.6 Å². The van der Waals surface area contributed by atoms with Crippen molar-refractivity contribution in [2.24, 2.45) is 0 Å². The van der Waals surface area contributed by atoms with Crippen LogP contribution in [0, 0.1) is 0 Å². The Kier molecular flexibility index (Phi) is 2.66. The molecule has 0 atom stereocenters. The maximum absolute atomic E-state index is 10.8. The molecular formula is C11H7ClOS. The van der Waals surface area contributed by atoms with Crippen molar-refractivity contribution >= 4 is 29.2 Å². The van der Waals surface area contributed by atoms with Crippen molar-refractivity contribution < 1.29 is 4.79 Å². The zero-order valence-corrected chi connectivity index (χ0v) is 8.81. The molecule has 1 nitrogen and oxygen atoms in total. The van der Waals surface area contributed by atoms with Gasteiger partial charge in [0.2, 0.25) is 0 Å². The van der Waals surface area contributed by atoms with Gasteiger partial charge in [-0.15, -0.1) is 11.3 Å². The van der Waals surface area contributed by atoms with E-state index in [0.29, 0.717) is 10.6 Å². The Bertz CT molecular complexity index is 448. The molecule has 0 saturated heterocycles. The molecule has 0 radical (unpaired) electrons. The molecule has 1 heterocycles. The fraction of sp³-hybridized carbons (Fsp3) is 0. The molecule has 0 bridgehead atoms. The molecule has 0 unspecified atom stereocenters. The molecule has 0 aliphatic heterocycles. The van der Waals surface area contributed by atoms with Crippen LogP contribution in [0.4, 0.5) is 0 Å². The lowest BCUT2D eigenvalue weighted by molar-refractivity contribution is 0.112. The largest absolute Gasteiger partial charge is 0.298 e. The number of rotatable bonds is 2. The zero-order valence-electron chi connectivity index (χ0n) is 7.24. The van der Waals surface area contributed by atoms with Gasteiger partial charge < -0.3 is 0 Å². The molecule has 0 aliphatic rings. The quantitative estimate of drug-likeness (QED) is 0.705. The maximum Gasteiger partial charge on any atom is 0.150 e. The SMILES string of the molecule is O=Cc1cc(Cl)ccc1-c1cccs1. The summed E-state index contributed by atoms with van der Waals surface area (Å²) in [4.78, 5) is 11.9. The normalized spacial score (nSPS) is 10.1. The van der Waals surface area contributed by atoms with Crippen LogP contribution in [0.3, 0.4) is 0 Å². The minimum Gasteiger partial charge on any atom is -0.298 e. The third kappa shape index (κ3) is 1.72. The number of carbonyl (C=O) groups excluding carboxylic acids is 1. The first-order chi connectivity index (χ1) is 6.81. The smallest absolute Gasteiger partial charge is 0.150 e. The highest BCUT2D eigenvalue weighted by Crippen LogP contribution is 2.28. The summed E-state index contributed by atoms with van der Waals surface area (Å²) < 4.78 is 0. The predicted octanol–water partition coefficient (Wildman–Crippen LogP) is 3.88. The van der Waals surface area contributed by atoms with E-state index in [9.17, 15) is 4.79 Å². The lowest BCUT2D eigenvalue weighted by Crippen LogP contribution is -1.84. The Labute approximate surface area is 91.0 Å². The van der Waals surface area contributed by atoms with Crippen LogP contribution < -0.4 is 0 Å². The Balaban J connectivity index is 2.58. The van der Waals surface area contributed by atoms with E-state index in [1.807, 2.05) is 23.6 Å². The van der Waals surface area contributed by atoms with Crippen molar-refractivity contribution in [3.8, 4) is 10.4 Å². The third-order valence-electron chi connectivity index (χ3n) is 1.93. The van der Waals surface area contributed by atoms with Crippen LogP contribution in [0.25, 0.3) is 10.4 Å². The number of aldehydes is 1. The molecule has 0 fully saturated rings. The summed E-state index contributed by atoms with van der Waals surface area (Å²) in [6.07, 6.45) is 0.834. The molecule has 0 N–H and O–H groups in total. The lowest BCUT2D eigenvalue weighted by atomic mass is 10.1. The average Bonchev–Trinajstić information content (AvgIpc) is 2.70. The van der Waals surface area contributed by atoms with Crippen molar-refractivity contribution in [3.63, 3.8) is 0 Å². The fourth-order valence-electron chi connectivity index (χ4n) is 1.29. The van der Waals surface area contributed by atoms with E-state index in [1.165, 1.54) is 0 Å². The predicted molar refractivity (Wildman–Crippen MR) is 60.2 cm³/mol. The van der Waals surface area contributed by atoms with Gasteiger partial charge >= 0.3 is 0 Å². The summed E-state index contributed by atoms with van der Waals surface area (Å²) in [5, 5.41) is 2.57. The first-order valence-electron chi connectivity index (χ1n) is 4.10. The number of carbonyl (C=O) groups is 1. The summed E-state index contributed by atoms with van der Waals surface area (Å²) in [5.74, 6) is 0. The molecule has 70 valence electrons. The number of benzene rings is 1. The Hall–Kier alpha value is -1.12. The Morgan fingerprint density at radius 3 is 2.79 bits per heavy atom. The molecule has 3 heteroatoms. The standard InChI is InChI=1S/C11H7ClOS/c12-9-3-4-10(8(6-9)7-13)11-2-1-5-14-11/h1-7H. The maximum atomic E-state index is 10.8. The van der Waals surface area contributed by atoms with E-state index >= 15 is 0 Å². The molecule has 1 aromatic heterocycles. The highest BCUT2D eigenvalue weighted by atomic mass is 35.5. The van der Waals surface area contributed by atoms with Gasteiger partial charge in [-0.3, -0.25) is 4.79 Å².